The zero-order valence-electron chi connectivity index (χ0n) is 30.2. The molecule has 0 amide bonds. The highest BCUT2D eigenvalue weighted by Gasteiger charge is 2.22. The zero-order chi connectivity index (χ0) is 35.5. The van der Waals surface area contributed by atoms with Crippen molar-refractivity contribution in [3.63, 3.8) is 0 Å². The Morgan fingerprint density at radius 2 is 0.942 bits per heavy atom. The highest BCUT2D eigenvalue weighted by molar-refractivity contribution is 6.68. The van der Waals surface area contributed by atoms with Gasteiger partial charge >= 0.3 is 0 Å². The topological polar surface area (TPSA) is 30.7 Å². The lowest BCUT2D eigenvalue weighted by Gasteiger charge is -2.23. The maximum Gasteiger partial charge on any atom is 0.145 e. The molecule has 3 nitrogen and oxygen atoms in total. The van der Waals surface area contributed by atoms with Crippen LogP contribution in [0.2, 0.25) is 0 Å². The summed E-state index contributed by atoms with van der Waals surface area (Å²) in [6, 6.07) is 50.1. The minimum absolute atomic E-state index is 0.954. The van der Waals surface area contributed by atoms with Gasteiger partial charge in [0.15, 0.2) is 0 Å². The van der Waals surface area contributed by atoms with Gasteiger partial charge in [-0.3, -0.25) is 9.55 Å². The second-order valence-corrected chi connectivity index (χ2v) is 13.9. The second-order valence-electron chi connectivity index (χ2n) is 13.9. The van der Waals surface area contributed by atoms with Crippen molar-refractivity contribution in [3.8, 4) is 50.6 Å². The van der Waals surface area contributed by atoms with Crippen molar-refractivity contribution in [2.24, 2.45) is 0 Å². The van der Waals surface area contributed by atoms with E-state index in [0.717, 1.165) is 33.7 Å². The summed E-state index contributed by atoms with van der Waals surface area (Å²) in [6.45, 7) is 0. The first-order valence-electron chi connectivity index (χ1n) is 18.0. The monoisotopic (exact) mass is 659 g/mol. The number of para-hydroxylation sites is 2. The summed E-state index contributed by atoms with van der Waals surface area (Å²) in [7, 11) is 11.2. The first-order chi connectivity index (χ1) is 25.4. The van der Waals surface area contributed by atoms with Crippen molar-refractivity contribution in [1.82, 2.24) is 14.5 Å². The Morgan fingerprint density at radius 3 is 1.56 bits per heavy atom. The molecular weight excluding hydrogens is 625 g/mol. The first kappa shape index (κ1) is 31.9. The van der Waals surface area contributed by atoms with Crippen LogP contribution in [-0.4, -0.2) is 53.8 Å². The van der Waals surface area contributed by atoms with E-state index in [0.29, 0.717) is 0 Å². The lowest BCUT2D eigenvalue weighted by atomic mass is 9.61. The van der Waals surface area contributed by atoms with E-state index in [1.54, 1.807) is 0 Å². The van der Waals surface area contributed by atoms with Crippen LogP contribution in [0.5, 0.6) is 0 Å². The molecule has 0 aliphatic heterocycles. The number of hydrogen-bond donors (Lipinski definition) is 0. The van der Waals surface area contributed by atoms with Crippen molar-refractivity contribution >= 4 is 99.1 Å². The lowest BCUT2D eigenvalue weighted by Crippen LogP contribution is -2.56. The number of pyridine rings is 1. The third kappa shape index (κ3) is 5.05. The molecule has 240 valence electrons. The molecule has 2 aromatic heterocycles. The van der Waals surface area contributed by atoms with Crippen LogP contribution >= 0.6 is 0 Å². The Balaban J connectivity index is 1.27. The van der Waals surface area contributed by atoms with E-state index in [2.05, 4.69) is 176 Å². The minimum Gasteiger partial charge on any atom is -0.294 e. The molecule has 0 atom stereocenters. The van der Waals surface area contributed by atoms with Crippen LogP contribution in [0.15, 0.2) is 146 Å². The fraction of sp³-hybridized carbons (Fsp3) is 0. The van der Waals surface area contributed by atoms with Gasteiger partial charge in [-0.1, -0.05) is 131 Å². The first-order valence-corrected chi connectivity index (χ1v) is 18.0. The van der Waals surface area contributed by atoms with Gasteiger partial charge in [0.25, 0.3) is 0 Å². The summed E-state index contributed by atoms with van der Waals surface area (Å²) in [4.78, 5) is 9.90. The summed E-state index contributed by atoms with van der Waals surface area (Å²) in [5.41, 5.74) is 18.0. The third-order valence-electron chi connectivity index (χ3n) is 11.2. The summed E-state index contributed by atoms with van der Waals surface area (Å²) in [6.07, 6.45) is 1.85. The van der Waals surface area contributed by atoms with Crippen molar-refractivity contribution in [2.45, 2.75) is 0 Å². The molecule has 52 heavy (non-hydrogen) atoms. The predicted molar refractivity (Wildman–Crippen MR) is 237 cm³/mol. The molecule has 0 saturated carbocycles. The molecule has 2 heterocycles. The number of benzene rings is 7. The molecule has 0 bridgehead atoms. The van der Waals surface area contributed by atoms with E-state index >= 15 is 0 Å². The molecule has 9 rings (SSSR count). The Morgan fingerprint density at radius 1 is 0.423 bits per heavy atom. The highest BCUT2D eigenvalue weighted by Crippen LogP contribution is 2.44. The fourth-order valence-electron chi connectivity index (χ4n) is 8.17. The Hall–Kier alpha value is -6.00. The summed E-state index contributed by atoms with van der Waals surface area (Å²) in [5, 5.41) is 4.92. The van der Waals surface area contributed by atoms with Gasteiger partial charge in [0, 0.05) is 23.0 Å². The van der Waals surface area contributed by atoms with Crippen molar-refractivity contribution in [2.75, 3.05) is 0 Å². The van der Waals surface area contributed by atoms with Crippen molar-refractivity contribution in [3.05, 3.63) is 146 Å². The van der Waals surface area contributed by atoms with Crippen LogP contribution in [0.3, 0.4) is 0 Å². The number of nitrogens with zero attached hydrogens (tertiary/aromatic N) is 3. The Bertz CT molecular complexity index is 2760. The zero-order valence-corrected chi connectivity index (χ0v) is 30.2. The molecule has 8 heteroatoms. The Kier molecular flexibility index (Phi) is 7.77. The van der Waals surface area contributed by atoms with Crippen LogP contribution in [-0.2, 0) is 0 Å². The summed E-state index contributed by atoms with van der Waals surface area (Å²) >= 11 is 0. The average Bonchev–Trinajstić information content (AvgIpc) is 3.58. The molecule has 9 aromatic rings. The van der Waals surface area contributed by atoms with Crippen LogP contribution in [0.25, 0.3) is 83.2 Å². The van der Waals surface area contributed by atoms with Crippen molar-refractivity contribution < 1.29 is 0 Å². The summed E-state index contributed by atoms with van der Waals surface area (Å²) in [5.74, 6) is 0.954. The molecule has 0 radical (unpaired) electrons. The number of hydrogen-bond acceptors (Lipinski definition) is 2. The normalized spacial score (nSPS) is 11.5. The van der Waals surface area contributed by atoms with E-state index in [1.807, 2.05) is 18.3 Å². The maximum absolute atomic E-state index is 5.32. The van der Waals surface area contributed by atoms with E-state index in [4.69, 9.17) is 4.98 Å². The molecule has 0 N–H and O–H groups in total. The van der Waals surface area contributed by atoms with Crippen molar-refractivity contribution in [1.29, 1.82) is 0 Å². The quantitative estimate of drug-likeness (QED) is 0.211. The molecule has 7 aromatic carbocycles. The maximum atomic E-state index is 5.32. The standard InChI is InChI=1S/C44H34B5N3/c45-38-39(46)41(48)43(42(49)40(38)47)52-35-18-6-5-17-34(35)51-44(52)28-11-9-10-27(24-28)37-31-14-3-1-12-29(31)36(30-13-2-4-15-32(30)37)26-21-19-25(20-22-26)33-16-7-8-23-50-33/h1-24H,45-49H2. The van der Waals surface area contributed by atoms with E-state index in [9.17, 15) is 0 Å². The van der Waals surface area contributed by atoms with Gasteiger partial charge in [0.2, 0.25) is 0 Å². The van der Waals surface area contributed by atoms with Crippen LogP contribution < -0.4 is 27.3 Å². The highest BCUT2D eigenvalue weighted by atomic mass is 15.1. The fourth-order valence-corrected chi connectivity index (χ4v) is 8.17. The van der Waals surface area contributed by atoms with Gasteiger partial charge in [-0.15, -0.1) is 5.46 Å². The molecule has 0 saturated heterocycles. The SMILES string of the molecule is Bc1c(B)c(B)c(-n2c(-c3cccc(-c4c5ccccc5c(-c5ccc(-c6ccccn6)cc5)c5ccccc45)c3)nc3ccccc32)c(B)c1B. The van der Waals surface area contributed by atoms with Crippen LogP contribution in [0.4, 0.5) is 0 Å². The van der Waals surface area contributed by atoms with Crippen LogP contribution in [0.1, 0.15) is 0 Å². The number of rotatable bonds is 5. The predicted octanol–water partition coefficient (Wildman–Crippen LogP) is 2.69. The molecule has 0 aliphatic carbocycles. The molecular formula is C44H34B5N3. The van der Waals surface area contributed by atoms with Gasteiger partial charge < -0.3 is 0 Å². The smallest absolute Gasteiger partial charge is 0.145 e. The molecule has 0 unspecified atom stereocenters. The summed E-state index contributed by atoms with van der Waals surface area (Å²) < 4.78 is 2.40. The van der Waals surface area contributed by atoms with E-state index < -0.39 is 0 Å². The third-order valence-corrected chi connectivity index (χ3v) is 11.2. The second kappa shape index (κ2) is 12.6. The molecule has 0 spiro atoms. The van der Waals surface area contributed by atoms with Crippen LogP contribution in [0, 0.1) is 0 Å². The Labute approximate surface area is 308 Å². The number of imidazole rings is 1. The minimum atomic E-state index is 0.954. The molecule has 0 fully saturated rings. The van der Waals surface area contributed by atoms with Gasteiger partial charge in [-0.2, -0.15) is 0 Å². The van der Waals surface area contributed by atoms with Gasteiger partial charge in [-0.25, -0.2) is 4.98 Å². The lowest BCUT2D eigenvalue weighted by molar-refractivity contribution is 1.12. The van der Waals surface area contributed by atoms with E-state index in [-0.39, 0.29) is 0 Å². The van der Waals surface area contributed by atoms with Gasteiger partial charge in [0.05, 0.1) is 16.7 Å². The number of fused-ring (bicyclic) bond motifs is 3. The molecule has 0 aliphatic rings. The van der Waals surface area contributed by atoms with Gasteiger partial charge in [-0.05, 0) is 74.1 Å². The number of aromatic nitrogens is 3. The average molecular weight is 659 g/mol. The largest absolute Gasteiger partial charge is 0.294 e. The van der Waals surface area contributed by atoms with Gasteiger partial charge in [0.1, 0.15) is 45.1 Å². The van der Waals surface area contributed by atoms with E-state index in [1.165, 1.54) is 76.8 Å².